The first-order valence-electron chi connectivity index (χ1n) is 5.08. The Balaban J connectivity index is 3.58. The molecular formula is C10H8F6O3S. The first-order chi connectivity index (χ1) is 8.88. The molecule has 0 unspecified atom stereocenters. The van der Waals surface area contributed by atoms with E-state index < -0.39 is 45.1 Å². The molecule has 0 bridgehead atoms. The highest BCUT2D eigenvalue weighted by atomic mass is 32.2. The van der Waals surface area contributed by atoms with Crippen molar-refractivity contribution in [2.24, 2.45) is 0 Å². The molecule has 10 heteroatoms. The van der Waals surface area contributed by atoms with Gasteiger partial charge in [0.05, 0.1) is 16.9 Å². The summed E-state index contributed by atoms with van der Waals surface area (Å²) in [5.74, 6) is -2.52. The van der Waals surface area contributed by atoms with Crippen LogP contribution in [0.2, 0.25) is 0 Å². The quantitative estimate of drug-likeness (QED) is 0.632. The van der Waals surface area contributed by atoms with E-state index in [0.29, 0.717) is 18.2 Å². The van der Waals surface area contributed by atoms with E-state index in [0.717, 1.165) is 6.92 Å². The Morgan fingerprint density at radius 2 is 1.40 bits per heavy atom. The van der Waals surface area contributed by atoms with E-state index in [-0.39, 0.29) is 0 Å². The second-order valence-corrected chi connectivity index (χ2v) is 5.47. The van der Waals surface area contributed by atoms with Crippen LogP contribution < -0.4 is 4.18 Å². The van der Waals surface area contributed by atoms with Crippen molar-refractivity contribution in [3.8, 4) is 5.75 Å². The highest BCUT2D eigenvalue weighted by Gasteiger charge is 2.43. The lowest BCUT2D eigenvalue weighted by Crippen LogP contribution is -2.19. The number of benzene rings is 1. The van der Waals surface area contributed by atoms with Crippen LogP contribution in [-0.2, 0) is 22.5 Å². The molecule has 0 aliphatic carbocycles. The molecule has 0 N–H and O–H groups in total. The van der Waals surface area contributed by atoms with Gasteiger partial charge in [-0.3, -0.25) is 0 Å². The molecule has 1 rings (SSSR count). The molecular weight excluding hydrogens is 314 g/mol. The second-order valence-electron chi connectivity index (χ2n) is 3.61. The number of para-hydroxylation sites is 1. The van der Waals surface area contributed by atoms with Crippen molar-refractivity contribution in [2.45, 2.75) is 19.3 Å². The molecule has 0 saturated carbocycles. The molecule has 0 spiro atoms. The fraction of sp³-hybridized carbons (Fsp3) is 0.400. The van der Waals surface area contributed by atoms with Crippen LogP contribution in [0.15, 0.2) is 18.2 Å². The Kier molecular flexibility index (Phi) is 4.28. The Morgan fingerprint density at radius 1 is 1.00 bits per heavy atom. The molecule has 3 nitrogen and oxygen atoms in total. The number of hydrogen-bond acceptors (Lipinski definition) is 3. The average Bonchev–Trinajstić information content (AvgIpc) is 2.25. The van der Waals surface area contributed by atoms with Gasteiger partial charge in [0.15, 0.2) is 5.75 Å². The van der Waals surface area contributed by atoms with E-state index in [1.165, 1.54) is 0 Å². The van der Waals surface area contributed by atoms with Crippen molar-refractivity contribution in [2.75, 3.05) is 5.75 Å². The molecule has 0 amide bonds. The van der Waals surface area contributed by atoms with Crippen LogP contribution in [0.4, 0.5) is 26.3 Å². The summed E-state index contributed by atoms with van der Waals surface area (Å²) in [5.41, 5.74) is -3.60. The maximum Gasteiger partial charge on any atom is 0.420 e. The van der Waals surface area contributed by atoms with Gasteiger partial charge in [0, 0.05) is 0 Å². The summed E-state index contributed by atoms with van der Waals surface area (Å²) in [7, 11) is -4.54. The molecule has 0 saturated heterocycles. The zero-order valence-corrected chi connectivity index (χ0v) is 10.7. The van der Waals surface area contributed by atoms with Crippen LogP contribution in [0.25, 0.3) is 0 Å². The SMILES string of the molecule is CCS(=O)(=O)Oc1c(C(F)(F)F)cccc1C(F)(F)F. The normalized spacial score (nSPS) is 13.3. The molecule has 114 valence electrons. The lowest BCUT2D eigenvalue weighted by atomic mass is 10.1. The zero-order chi connectivity index (χ0) is 15.8. The Bertz CT molecular complexity index is 556. The van der Waals surface area contributed by atoms with Gasteiger partial charge < -0.3 is 4.18 Å². The Morgan fingerprint density at radius 3 is 1.70 bits per heavy atom. The van der Waals surface area contributed by atoms with Crippen molar-refractivity contribution in [3.05, 3.63) is 29.3 Å². The second kappa shape index (κ2) is 5.15. The molecule has 0 radical (unpaired) electrons. The Hall–Kier alpha value is -1.45. The van der Waals surface area contributed by atoms with Gasteiger partial charge in [0.2, 0.25) is 0 Å². The van der Waals surface area contributed by atoms with Crippen LogP contribution in [0.3, 0.4) is 0 Å². The maximum absolute atomic E-state index is 12.7. The van der Waals surface area contributed by atoms with Crippen LogP contribution in [0, 0.1) is 0 Å². The monoisotopic (exact) mass is 322 g/mol. The number of hydrogen-bond donors (Lipinski definition) is 0. The van der Waals surface area contributed by atoms with E-state index in [1.807, 2.05) is 0 Å². The van der Waals surface area contributed by atoms with Gasteiger partial charge in [0.25, 0.3) is 0 Å². The lowest BCUT2D eigenvalue weighted by molar-refractivity contribution is -0.144. The van der Waals surface area contributed by atoms with E-state index in [1.54, 1.807) is 0 Å². The third-order valence-corrected chi connectivity index (χ3v) is 3.32. The van der Waals surface area contributed by atoms with Gasteiger partial charge in [-0.25, -0.2) is 0 Å². The fourth-order valence-corrected chi connectivity index (χ4v) is 1.81. The standard InChI is InChI=1S/C10H8F6O3S/c1-2-20(17,18)19-8-6(9(11,12)13)4-3-5-7(8)10(14,15)16/h3-5H,2H2,1H3. The summed E-state index contributed by atoms with van der Waals surface area (Å²) < 4.78 is 102. The van der Waals surface area contributed by atoms with Gasteiger partial charge >= 0.3 is 22.5 Å². The summed E-state index contributed by atoms with van der Waals surface area (Å²) in [6.45, 7) is 1.03. The summed E-state index contributed by atoms with van der Waals surface area (Å²) >= 11 is 0. The summed E-state index contributed by atoms with van der Waals surface area (Å²) in [6.07, 6.45) is -10.4. The van der Waals surface area contributed by atoms with Gasteiger partial charge in [-0.05, 0) is 19.1 Å². The summed E-state index contributed by atoms with van der Waals surface area (Å²) in [5, 5.41) is 0. The molecule has 0 aliphatic heterocycles. The lowest BCUT2D eigenvalue weighted by Gasteiger charge is -2.18. The summed E-state index contributed by atoms with van der Waals surface area (Å²) in [4.78, 5) is 0. The van der Waals surface area contributed by atoms with Crippen LogP contribution in [0.5, 0.6) is 5.75 Å². The highest BCUT2D eigenvalue weighted by molar-refractivity contribution is 7.87. The third-order valence-electron chi connectivity index (χ3n) is 2.19. The van der Waals surface area contributed by atoms with Crippen molar-refractivity contribution in [1.29, 1.82) is 0 Å². The van der Waals surface area contributed by atoms with Crippen molar-refractivity contribution in [3.63, 3.8) is 0 Å². The average molecular weight is 322 g/mol. The molecule has 0 fully saturated rings. The van der Waals surface area contributed by atoms with E-state index in [4.69, 9.17) is 0 Å². The molecule has 0 heterocycles. The first kappa shape index (κ1) is 16.6. The molecule has 0 aromatic heterocycles. The topological polar surface area (TPSA) is 43.4 Å². The van der Waals surface area contributed by atoms with Gasteiger partial charge in [-0.1, -0.05) is 6.07 Å². The summed E-state index contributed by atoms with van der Waals surface area (Å²) in [6, 6.07) is 1.16. The Labute approximate surface area is 110 Å². The zero-order valence-electron chi connectivity index (χ0n) is 9.84. The fourth-order valence-electron chi connectivity index (χ4n) is 1.26. The van der Waals surface area contributed by atoms with Crippen molar-refractivity contribution < 1.29 is 38.9 Å². The maximum atomic E-state index is 12.7. The van der Waals surface area contributed by atoms with Crippen LogP contribution in [-0.4, -0.2) is 14.2 Å². The molecule has 1 aromatic carbocycles. The number of rotatable bonds is 3. The van der Waals surface area contributed by atoms with E-state index in [2.05, 4.69) is 4.18 Å². The predicted octanol–water partition coefficient (Wildman–Crippen LogP) is 3.45. The number of halogens is 6. The van der Waals surface area contributed by atoms with Crippen molar-refractivity contribution >= 4 is 10.1 Å². The predicted molar refractivity (Wildman–Crippen MR) is 56.5 cm³/mol. The van der Waals surface area contributed by atoms with Crippen LogP contribution in [0.1, 0.15) is 18.1 Å². The first-order valence-corrected chi connectivity index (χ1v) is 6.66. The minimum absolute atomic E-state index is 0.315. The molecule has 0 atom stereocenters. The van der Waals surface area contributed by atoms with E-state index in [9.17, 15) is 34.8 Å². The van der Waals surface area contributed by atoms with Gasteiger partial charge in [-0.15, -0.1) is 0 Å². The van der Waals surface area contributed by atoms with Gasteiger partial charge in [0.1, 0.15) is 0 Å². The molecule has 0 aliphatic rings. The van der Waals surface area contributed by atoms with Gasteiger partial charge in [-0.2, -0.15) is 34.8 Å². The smallest absolute Gasteiger partial charge is 0.381 e. The van der Waals surface area contributed by atoms with E-state index >= 15 is 0 Å². The largest absolute Gasteiger partial charge is 0.420 e. The third kappa shape index (κ3) is 3.78. The minimum atomic E-state index is -5.18. The van der Waals surface area contributed by atoms with Crippen LogP contribution >= 0.6 is 0 Å². The molecule has 1 aromatic rings. The van der Waals surface area contributed by atoms with Crippen molar-refractivity contribution in [1.82, 2.24) is 0 Å². The number of alkyl halides is 6. The highest BCUT2D eigenvalue weighted by Crippen LogP contribution is 2.44. The minimum Gasteiger partial charge on any atom is -0.381 e. The molecule has 20 heavy (non-hydrogen) atoms.